The molecule has 0 aliphatic heterocycles. The molecular formula is C13H25N3O. The van der Waals surface area contributed by atoms with Gasteiger partial charge < -0.3 is 5.11 Å². The Hall–Kier alpha value is -0.900. The van der Waals surface area contributed by atoms with Crippen LogP contribution in [0.4, 0.5) is 0 Å². The van der Waals surface area contributed by atoms with Crippen LogP contribution < -0.4 is 0 Å². The highest BCUT2D eigenvalue weighted by Gasteiger charge is 2.27. The van der Waals surface area contributed by atoms with Gasteiger partial charge in [-0.15, -0.1) is 0 Å². The molecule has 1 N–H and O–H groups in total. The predicted molar refractivity (Wildman–Crippen MR) is 68.9 cm³/mol. The summed E-state index contributed by atoms with van der Waals surface area (Å²) in [6, 6.07) is 0.292. The van der Waals surface area contributed by atoms with Crippen LogP contribution in [0.2, 0.25) is 0 Å². The van der Waals surface area contributed by atoms with Gasteiger partial charge in [-0.1, -0.05) is 26.7 Å². The second kappa shape index (κ2) is 6.15. The van der Waals surface area contributed by atoms with Crippen molar-refractivity contribution in [2.24, 2.45) is 0 Å². The maximum absolute atomic E-state index is 10.6. The van der Waals surface area contributed by atoms with Crippen LogP contribution in [0.25, 0.3) is 0 Å². The monoisotopic (exact) mass is 239 g/mol. The molecule has 0 unspecified atom stereocenters. The Kier molecular flexibility index (Phi) is 5.12. The Balaban J connectivity index is 2.82. The minimum atomic E-state index is -0.622. The Morgan fingerprint density at radius 3 is 2.35 bits per heavy atom. The van der Waals surface area contributed by atoms with E-state index in [2.05, 4.69) is 37.8 Å². The smallest absolute Gasteiger partial charge is 0.138 e. The number of hydrogen-bond donors (Lipinski definition) is 1. The van der Waals surface area contributed by atoms with Crippen LogP contribution in [0.3, 0.4) is 0 Å². The zero-order valence-electron chi connectivity index (χ0n) is 11.5. The van der Waals surface area contributed by atoms with E-state index in [-0.39, 0.29) is 0 Å². The second-order valence-corrected chi connectivity index (χ2v) is 5.12. The SMILES string of the molecule is CCCC(O)(CCC)Cc1ncnn1C(C)C. The molecule has 1 rings (SSSR count). The molecule has 0 aromatic carbocycles. The second-order valence-electron chi connectivity index (χ2n) is 5.12. The average Bonchev–Trinajstić information content (AvgIpc) is 2.66. The molecule has 0 aliphatic carbocycles. The van der Waals surface area contributed by atoms with Crippen molar-refractivity contribution in [2.75, 3.05) is 0 Å². The summed E-state index contributed by atoms with van der Waals surface area (Å²) in [6.45, 7) is 8.37. The Morgan fingerprint density at radius 1 is 1.29 bits per heavy atom. The van der Waals surface area contributed by atoms with Crippen LogP contribution in [-0.2, 0) is 6.42 Å². The molecule has 0 amide bonds. The van der Waals surface area contributed by atoms with Gasteiger partial charge in [0, 0.05) is 12.5 Å². The highest BCUT2D eigenvalue weighted by molar-refractivity contribution is 4.95. The van der Waals surface area contributed by atoms with E-state index >= 15 is 0 Å². The van der Waals surface area contributed by atoms with Gasteiger partial charge in [0.1, 0.15) is 12.2 Å². The fraction of sp³-hybridized carbons (Fsp3) is 0.846. The topological polar surface area (TPSA) is 50.9 Å². The zero-order valence-corrected chi connectivity index (χ0v) is 11.5. The fourth-order valence-electron chi connectivity index (χ4n) is 2.36. The molecule has 17 heavy (non-hydrogen) atoms. The number of nitrogens with zero attached hydrogens (tertiary/aromatic N) is 3. The summed E-state index contributed by atoms with van der Waals surface area (Å²) in [5.41, 5.74) is -0.622. The van der Waals surface area contributed by atoms with Gasteiger partial charge in [0.05, 0.1) is 5.60 Å². The molecule has 0 fully saturated rings. The molecule has 1 aromatic rings. The van der Waals surface area contributed by atoms with E-state index in [4.69, 9.17) is 0 Å². The van der Waals surface area contributed by atoms with E-state index < -0.39 is 5.60 Å². The first-order valence-electron chi connectivity index (χ1n) is 6.63. The van der Waals surface area contributed by atoms with Crippen molar-refractivity contribution >= 4 is 0 Å². The van der Waals surface area contributed by atoms with Crippen LogP contribution in [0.5, 0.6) is 0 Å². The lowest BCUT2D eigenvalue weighted by atomic mass is 9.89. The van der Waals surface area contributed by atoms with Gasteiger partial charge in [0.2, 0.25) is 0 Å². The molecule has 1 heterocycles. The van der Waals surface area contributed by atoms with Crippen LogP contribution in [0.15, 0.2) is 6.33 Å². The van der Waals surface area contributed by atoms with Crippen molar-refractivity contribution in [1.82, 2.24) is 14.8 Å². The van der Waals surface area contributed by atoms with Crippen molar-refractivity contribution < 1.29 is 5.11 Å². The lowest BCUT2D eigenvalue weighted by Gasteiger charge is -2.27. The lowest BCUT2D eigenvalue weighted by molar-refractivity contribution is 0.0186. The van der Waals surface area contributed by atoms with Crippen LogP contribution in [0.1, 0.15) is 65.2 Å². The third kappa shape index (κ3) is 3.80. The first kappa shape index (κ1) is 14.2. The van der Waals surface area contributed by atoms with Crippen molar-refractivity contribution in [3.8, 4) is 0 Å². The summed E-state index contributed by atoms with van der Waals surface area (Å²) in [4.78, 5) is 4.28. The number of rotatable bonds is 7. The predicted octanol–water partition coefficient (Wildman–Crippen LogP) is 2.73. The molecule has 0 spiro atoms. The van der Waals surface area contributed by atoms with E-state index in [1.54, 1.807) is 6.33 Å². The van der Waals surface area contributed by atoms with Gasteiger partial charge >= 0.3 is 0 Å². The molecule has 0 radical (unpaired) electrons. The average molecular weight is 239 g/mol. The summed E-state index contributed by atoms with van der Waals surface area (Å²) in [7, 11) is 0. The summed E-state index contributed by atoms with van der Waals surface area (Å²) < 4.78 is 1.90. The molecular weight excluding hydrogens is 214 g/mol. The summed E-state index contributed by atoms with van der Waals surface area (Å²) in [6.07, 6.45) is 5.82. The van der Waals surface area contributed by atoms with Gasteiger partial charge in [-0.05, 0) is 26.7 Å². The highest BCUT2D eigenvalue weighted by atomic mass is 16.3. The van der Waals surface area contributed by atoms with Gasteiger partial charge in [0.15, 0.2) is 0 Å². The fourth-order valence-corrected chi connectivity index (χ4v) is 2.36. The maximum Gasteiger partial charge on any atom is 0.138 e. The van der Waals surface area contributed by atoms with Crippen LogP contribution >= 0.6 is 0 Å². The van der Waals surface area contributed by atoms with Crippen LogP contribution in [-0.4, -0.2) is 25.5 Å². The minimum Gasteiger partial charge on any atom is -0.389 e. The van der Waals surface area contributed by atoms with Crippen molar-refractivity contribution in [1.29, 1.82) is 0 Å². The van der Waals surface area contributed by atoms with Gasteiger partial charge in [-0.25, -0.2) is 9.67 Å². The molecule has 98 valence electrons. The third-order valence-corrected chi connectivity index (χ3v) is 3.05. The largest absolute Gasteiger partial charge is 0.389 e. The zero-order chi connectivity index (χ0) is 12.9. The Morgan fingerprint density at radius 2 is 1.88 bits per heavy atom. The maximum atomic E-state index is 10.6. The molecule has 0 bridgehead atoms. The molecule has 0 aliphatic rings. The molecule has 0 atom stereocenters. The van der Waals surface area contributed by atoms with E-state index in [9.17, 15) is 5.11 Å². The first-order chi connectivity index (χ1) is 8.02. The van der Waals surface area contributed by atoms with Gasteiger partial charge in [-0.3, -0.25) is 0 Å². The molecule has 4 heteroatoms. The summed E-state index contributed by atoms with van der Waals surface area (Å²) >= 11 is 0. The first-order valence-corrected chi connectivity index (χ1v) is 6.63. The molecule has 0 saturated carbocycles. The normalized spacial score (nSPS) is 12.4. The van der Waals surface area contributed by atoms with Crippen LogP contribution in [0, 0.1) is 0 Å². The quantitative estimate of drug-likeness (QED) is 0.796. The van der Waals surface area contributed by atoms with E-state index in [1.807, 2.05) is 4.68 Å². The summed E-state index contributed by atoms with van der Waals surface area (Å²) in [5.74, 6) is 0.893. The van der Waals surface area contributed by atoms with Crippen molar-refractivity contribution in [3.63, 3.8) is 0 Å². The lowest BCUT2D eigenvalue weighted by Crippen LogP contribution is -2.32. The number of aliphatic hydroxyl groups is 1. The Bertz CT molecular complexity index is 327. The highest BCUT2D eigenvalue weighted by Crippen LogP contribution is 2.24. The number of hydrogen-bond acceptors (Lipinski definition) is 3. The van der Waals surface area contributed by atoms with Crippen molar-refractivity contribution in [3.05, 3.63) is 12.2 Å². The minimum absolute atomic E-state index is 0.292. The number of aromatic nitrogens is 3. The van der Waals surface area contributed by atoms with E-state index in [1.165, 1.54) is 0 Å². The van der Waals surface area contributed by atoms with E-state index in [0.29, 0.717) is 12.5 Å². The van der Waals surface area contributed by atoms with E-state index in [0.717, 1.165) is 31.5 Å². The third-order valence-electron chi connectivity index (χ3n) is 3.05. The molecule has 4 nitrogen and oxygen atoms in total. The summed E-state index contributed by atoms with van der Waals surface area (Å²) in [5, 5.41) is 14.8. The molecule has 0 saturated heterocycles. The van der Waals surface area contributed by atoms with Crippen molar-refractivity contribution in [2.45, 2.75) is 71.4 Å². The standard InChI is InChI=1S/C13H25N3O/c1-5-7-13(17,8-6-2)9-12-14-10-15-16(12)11(3)4/h10-11,17H,5-9H2,1-4H3. The molecule has 1 aromatic heterocycles. The van der Waals surface area contributed by atoms with Gasteiger partial charge in [-0.2, -0.15) is 5.10 Å². The van der Waals surface area contributed by atoms with Gasteiger partial charge in [0.25, 0.3) is 0 Å². The Labute approximate surface area is 104 Å².